The lowest BCUT2D eigenvalue weighted by atomic mass is 9.97. The number of aliphatic hydroxyl groups is 1. The molecule has 0 radical (unpaired) electrons. The monoisotopic (exact) mass is 252 g/mol. The Labute approximate surface area is 112 Å². The van der Waals surface area contributed by atoms with Crippen LogP contribution in [0.15, 0.2) is 48.5 Å². The zero-order chi connectivity index (χ0) is 13.2. The Morgan fingerprint density at radius 2 is 1.74 bits per heavy atom. The molecule has 1 aliphatic rings. The van der Waals surface area contributed by atoms with Crippen molar-refractivity contribution >= 4 is 5.78 Å². The van der Waals surface area contributed by atoms with E-state index in [-0.39, 0.29) is 5.78 Å². The minimum Gasteiger partial charge on any atom is -0.380 e. The van der Waals surface area contributed by atoms with Crippen LogP contribution in [0.25, 0.3) is 0 Å². The molecule has 1 atom stereocenters. The molecule has 2 aromatic carbocycles. The van der Waals surface area contributed by atoms with Gasteiger partial charge in [0.15, 0.2) is 5.78 Å². The van der Waals surface area contributed by atoms with Gasteiger partial charge in [-0.1, -0.05) is 42.5 Å². The minimum absolute atomic E-state index is 0.221. The van der Waals surface area contributed by atoms with Gasteiger partial charge in [0.05, 0.1) is 0 Å². The van der Waals surface area contributed by atoms with E-state index >= 15 is 0 Å². The molecular formula is C17H16O2. The predicted molar refractivity (Wildman–Crippen MR) is 74.2 cm³/mol. The lowest BCUT2D eigenvalue weighted by molar-refractivity contribution is 0.0747. The second kappa shape index (κ2) is 4.98. The molecule has 1 unspecified atom stereocenters. The maximum absolute atomic E-state index is 12.3. The average molecular weight is 252 g/mol. The van der Waals surface area contributed by atoms with Crippen LogP contribution in [-0.4, -0.2) is 10.9 Å². The zero-order valence-corrected chi connectivity index (χ0v) is 10.7. The van der Waals surface area contributed by atoms with E-state index in [2.05, 4.69) is 0 Å². The summed E-state index contributed by atoms with van der Waals surface area (Å²) in [5.74, 6) is -0.221. The second-order valence-electron chi connectivity index (χ2n) is 5.01. The molecule has 0 aromatic heterocycles. The third kappa shape index (κ3) is 2.32. The van der Waals surface area contributed by atoms with Crippen molar-refractivity contribution in [1.82, 2.24) is 0 Å². The van der Waals surface area contributed by atoms with E-state index in [9.17, 15) is 9.90 Å². The van der Waals surface area contributed by atoms with Crippen molar-refractivity contribution in [2.75, 3.05) is 0 Å². The summed E-state index contributed by atoms with van der Waals surface area (Å²) in [7, 11) is 0. The number of rotatable bonds is 3. The largest absolute Gasteiger partial charge is 0.380 e. The molecule has 0 spiro atoms. The number of hydrogen-bond acceptors (Lipinski definition) is 2. The van der Waals surface area contributed by atoms with Crippen molar-refractivity contribution in [3.63, 3.8) is 0 Å². The molecule has 1 aliphatic carbocycles. The second-order valence-corrected chi connectivity index (χ2v) is 5.01. The number of hydrogen-bond donors (Lipinski definition) is 1. The van der Waals surface area contributed by atoms with Crippen LogP contribution in [0, 0.1) is 0 Å². The van der Waals surface area contributed by atoms with Gasteiger partial charge in [-0.25, -0.2) is 0 Å². The lowest BCUT2D eigenvalue weighted by Crippen LogP contribution is -2.12. The number of fused-ring (bicyclic) bond motifs is 1. The summed E-state index contributed by atoms with van der Waals surface area (Å²) in [5.41, 5.74) is 3.85. The molecule has 0 saturated heterocycles. The van der Waals surface area contributed by atoms with Gasteiger partial charge in [0.25, 0.3) is 0 Å². The predicted octanol–water partition coefficient (Wildman–Crippen LogP) is 3.09. The lowest BCUT2D eigenvalue weighted by Gasteiger charge is -2.11. The zero-order valence-electron chi connectivity index (χ0n) is 10.7. The third-order valence-electron chi connectivity index (χ3n) is 3.75. The Morgan fingerprint density at radius 1 is 1.00 bits per heavy atom. The highest BCUT2D eigenvalue weighted by molar-refractivity contribution is 6.00. The van der Waals surface area contributed by atoms with Crippen LogP contribution in [0.5, 0.6) is 0 Å². The molecule has 1 N–H and O–H groups in total. The van der Waals surface area contributed by atoms with Gasteiger partial charge >= 0.3 is 0 Å². The van der Waals surface area contributed by atoms with Gasteiger partial charge in [-0.2, -0.15) is 0 Å². The quantitative estimate of drug-likeness (QED) is 0.852. The molecule has 96 valence electrons. The van der Waals surface area contributed by atoms with Gasteiger partial charge in [0.1, 0.15) is 6.10 Å². The van der Waals surface area contributed by atoms with Gasteiger partial charge in [0.2, 0.25) is 0 Å². The van der Waals surface area contributed by atoms with Crippen molar-refractivity contribution in [2.24, 2.45) is 0 Å². The van der Waals surface area contributed by atoms with Crippen LogP contribution < -0.4 is 0 Å². The molecule has 3 rings (SSSR count). The van der Waals surface area contributed by atoms with Crippen molar-refractivity contribution in [2.45, 2.75) is 25.4 Å². The molecule has 0 aliphatic heterocycles. The molecule has 2 heteroatoms. The summed E-state index contributed by atoms with van der Waals surface area (Å²) in [4.78, 5) is 12.3. The van der Waals surface area contributed by atoms with E-state index in [4.69, 9.17) is 0 Å². The fourth-order valence-corrected chi connectivity index (χ4v) is 2.67. The Hall–Kier alpha value is -1.93. The summed E-state index contributed by atoms with van der Waals surface area (Å²) in [6.45, 7) is 0. The highest BCUT2D eigenvalue weighted by Gasteiger charge is 2.20. The Balaban J connectivity index is 1.88. The first-order valence-electron chi connectivity index (χ1n) is 6.65. The van der Waals surface area contributed by atoms with E-state index in [0.29, 0.717) is 11.1 Å². The number of ketones is 1. The van der Waals surface area contributed by atoms with Gasteiger partial charge in [-0.15, -0.1) is 0 Å². The maximum Gasteiger partial charge on any atom is 0.195 e. The minimum atomic E-state index is -1.07. The maximum atomic E-state index is 12.3. The van der Waals surface area contributed by atoms with Crippen molar-refractivity contribution < 1.29 is 9.90 Å². The van der Waals surface area contributed by atoms with Crippen LogP contribution in [-0.2, 0) is 12.8 Å². The van der Waals surface area contributed by atoms with Crippen LogP contribution in [0.3, 0.4) is 0 Å². The number of Topliss-reactive ketones (excluding diaryl/α,β-unsaturated/α-hetero) is 1. The number of aliphatic hydroxyl groups excluding tert-OH is 1. The summed E-state index contributed by atoms with van der Waals surface area (Å²) in [6.07, 6.45) is 2.23. The van der Waals surface area contributed by atoms with E-state index in [1.54, 1.807) is 12.1 Å². The molecular weight excluding hydrogens is 236 g/mol. The van der Waals surface area contributed by atoms with Crippen molar-refractivity contribution in [3.8, 4) is 0 Å². The smallest absolute Gasteiger partial charge is 0.195 e. The molecule has 0 amide bonds. The molecule has 0 saturated carbocycles. The molecule has 0 bridgehead atoms. The van der Waals surface area contributed by atoms with Crippen molar-refractivity contribution in [1.29, 1.82) is 0 Å². The first-order chi connectivity index (χ1) is 9.25. The number of aryl methyl sites for hydroxylation is 2. The summed E-state index contributed by atoms with van der Waals surface area (Å²) in [5, 5.41) is 10.1. The van der Waals surface area contributed by atoms with Crippen LogP contribution in [0.2, 0.25) is 0 Å². The summed E-state index contributed by atoms with van der Waals surface area (Å²) >= 11 is 0. The van der Waals surface area contributed by atoms with Gasteiger partial charge in [0, 0.05) is 5.56 Å². The van der Waals surface area contributed by atoms with Gasteiger partial charge in [-0.3, -0.25) is 4.79 Å². The van der Waals surface area contributed by atoms with E-state index < -0.39 is 6.10 Å². The highest BCUT2D eigenvalue weighted by Crippen LogP contribution is 2.25. The molecule has 19 heavy (non-hydrogen) atoms. The molecule has 0 heterocycles. The Morgan fingerprint density at radius 3 is 2.53 bits per heavy atom. The first kappa shape index (κ1) is 12.1. The highest BCUT2D eigenvalue weighted by atomic mass is 16.3. The standard InChI is InChI=1S/C17H16O2/c18-16(13-5-2-1-3-6-13)17(19)15-10-9-12-7-4-8-14(12)11-15/h1-3,5-6,9-11,16,18H,4,7-8H2. The fraction of sp³-hybridized carbons (Fsp3) is 0.235. The summed E-state index contributed by atoms with van der Waals surface area (Å²) < 4.78 is 0. The topological polar surface area (TPSA) is 37.3 Å². The molecule has 2 aromatic rings. The van der Waals surface area contributed by atoms with Gasteiger partial charge in [-0.05, 0) is 42.0 Å². The number of carbonyl (C=O) groups is 1. The third-order valence-corrected chi connectivity index (χ3v) is 3.75. The molecule has 0 fully saturated rings. The summed E-state index contributed by atoms with van der Waals surface area (Å²) in [6, 6.07) is 14.9. The average Bonchev–Trinajstić information content (AvgIpc) is 2.94. The van der Waals surface area contributed by atoms with E-state index in [0.717, 1.165) is 19.3 Å². The Kier molecular flexibility index (Phi) is 3.18. The number of benzene rings is 2. The van der Waals surface area contributed by atoms with Crippen molar-refractivity contribution in [3.05, 3.63) is 70.8 Å². The fourth-order valence-electron chi connectivity index (χ4n) is 2.67. The molecule has 2 nitrogen and oxygen atoms in total. The Bertz CT molecular complexity index is 602. The van der Waals surface area contributed by atoms with Crippen LogP contribution >= 0.6 is 0 Å². The van der Waals surface area contributed by atoms with Crippen LogP contribution in [0.4, 0.5) is 0 Å². The normalized spacial score (nSPS) is 15.0. The number of carbonyl (C=O) groups excluding carboxylic acids is 1. The SMILES string of the molecule is O=C(c1ccc2c(c1)CCC2)C(O)c1ccccc1. The van der Waals surface area contributed by atoms with E-state index in [1.807, 2.05) is 36.4 Å². The first-order valence-corrected chi connectivity index (χ1v) is 6.65. The van der Waals surface area contributed by atoms with Gasteiger partial charge < -0.3 is 5.11 Å². The van der Waals surface area contributed by atoms with Crippen LogP contribution in [0.1, 0.15) is 39.6 Å². The van der Waals surface area contributed by atoms with E-state index in [1.165, 1.54) is 11.1 Å².